The molecule has 0 aliphatic rings. The molecule has 0 atom stereocenters. The summed E-state index contributed by atoms with van der Waals surface area (Å²) in [4.78, 5) is 0. The van der Waals surface area contributed by atoms with E-state index >= 15 is 0 Å². The Kier molecular flexibility index (Phi) is 3.49. The largest absolute Gasteiger partial charge is 0.497 e. The Labute approximate surface area is 104 Å². The van der Waals surface area contributed by atoms with Gasteiger partial charge in [0.05, 0.1) is 32.0 Å². The number of alkyl halides is 1. The van der Waals surface area contributed by atoms with Crippen LogP contribution in [0.15, 0.2) is 24.4 Å². The van der Waals surface area contributed by atoms with Crippen molar-refractivity contribution >= 4 is 11.6 Å². The van der Waals surface area contributed by atoms with Gasteiger partial charge in [-0.3, -0.25) is 0 Å². The van der Waals surface area contributed by atoms with Crippen molar-refractivity contribution in [3.8, 4) is 17.2 Å². The molecule has 1 aromatic carbocycles. The van der Waals surface area contributed by atoms with Crippen LogP contribution < -0.4 is 9.47 Å². The monoisotopic (exact) mass is 253 g/mol. The molecule has 1 aromatic heterocycles. The SMILES string of the molecule is COc1ccc(-n2cc(CCl)nn2)c(OC)c1. The third-order valence-electron chi connectivity index (χ3n) is 2.31. The summed E-state index contributed by atoms with van der Waals surface area (Å²) in [6.07, 6.45) is 1.76. The van der Waals surface area contributed by atoms with E-state index in [0.717, 1.165) is 11.4 Å². The lowest BCUT2D eigenvalue weighted by atomic mass is 10.2. The Bertz CT molecular complexity index is 513. The maximum atomic E-state index is 5.68. The van der Waals surface area contributed by atoms with Gasteiger partial charge in [-0.15, -0.1) is 16.7 Å². The highest BCUT2D eigenvalue weighted by Crippen LogP contribution is 2.27. The molecule has 0 bridgehead atoms. The highest BCUT2D eigenvalue weighted by atomic mass is 35.5. The first-order valence-corrected chi connectivity index (χ1v) is 5.51. The van der Waals surface area contributed by atoms with Gasteiger partial charge in [-0.25, -0.2) is 4.68 Å². The number of hydrogen-bond donors (Lipinski definition) is 0. The summed E-state index contributed by atoms with van der Waals surface area (Å²) in [6, 6.07) is 5.47. The van der Waals surface area contributed by atoms with Crippen LogP contribution in [0.2, 0.25) is 0 Å². The average Bonchev–Trinajstić information content (AvgIpc) is 2.86. The fourth-order valence-electron chi connectivity index (χ4n) is 1.45. The number of hydrogen-bond acceptors (Lipinski definition) is 4. The van der Waals surface area contributed by atoms with E-state index in [4.69, 9.17) is 21.1 Å². The average molecular weight is 254 g/mol. The molecule has 0 aliphatic carbocycles. The van der Waals surface area contributed by atoms with Crippen LogP contribution in [0.25, 0.3) is 5.69 Å². The van der Waals surface area contributed by atoms with Gasteiger partial charge < -0.3 is 9.47 Å². The molecule has 0 radical (unpaired) electrons. The lowest BCUT2D eigenvalue weighted by Gasteiger charge is -2.09. The summed E-state index contributed by atoms with van der Waals surface area (Å²) in [5, 5.41) is 7.91. The Balaban J connectivity index is 2.43. The number of benzene rings is 1. The Morgan fingerprint density at radius 1 is 1.29 bits per heavy atom. The van der Waals surface area contributed by atoms with Crippen LogP contribution in [0, 0.1) is 0 Å². The summed E-state index contributed by atoms with van der Waals surface area (Å²) >= 11 is 5.68. The van der Waals surface area contributed by atoms with Crippen molar-refractivity contribution in [3.05, 3.63) is 30.1 Å². The van der Waals surface area contributed by atoms with Crippen molar-refractivity contribution in [2.24, 2.45) is 0 Å². The zero-order chi connectivity index (χ0) is 12.3. The van der Waals surface area contributed by atoms with Crippen molar-refractivity contribution in [2.45, 2.75) is 5.88 Å². The highest BCUT2D eigenvalue weighted by Gasteiger charge is 2.09. The molecule has 0 N–H and O–H groups in total. The molecule has 0 amide bonds. The zero-order valence-electron chi connectivity index (χ0n) is 9.55. The van der Waals surface area contributed by atoms with Crippen molar-refractivity contribution in [1.82, 2.24) is 15.0 Å². The minimum Gasteiger partial charge on any atom is -0.497 e. The van der Waals surface area contributed by atoms with Crippen molar-refractivity contribution in [2.75, 3.05) is 14.2 Å². The Morgan fingerprint density at radius 2 is 2.12 bits per heavy atom. The van der Waals surface area contributed by atoms with E-state index in [1.165, 1.54) is 0 Å². The number of methoxy groups -OCH3 is 2. The fraction of sp³-hybridized carbons (Fsp3) is 0.273. The summed E-state index contributed by atoms with van der Waals surface area (Å²) in [7, 11) is 3.20. The minimum atomic E-state index is 0.332. The van der Waals surface area contributed by atoms with E-state index in [1.54, 1.807) is 31.2 Å². The third-order valence-corrected chi connectivity index (χ3v) is 2.59. The molecule has 0 aliphatic heterocycles. The molecule has 5 nitrogen and oxygen atoms in total. The molecule has 0 spiro atoms. The molecule has 0 unspecified atom stereocenters. The smallest absolute Gasteiger partial charge is 0.148 e. The molecular formula is C11H12ClN3O2. The molecule has 0 saturated heterocycles. The molecule has 1 heterocycles. The maximum absolute atomic E-state index is 5.68. The van der Waals surface area contributed by atoms with Gasteiger partial charge in [-0.2, -0.15) is 0 Å². The van der Waals surface area contributed by atoms with Crippen LogP contribution >= 0.6 is 11.6 Å². The molecular weight excluding hydrogens is 242 g/mol. The standard InChI is InChI=1S/C11H12ClN3O2/c1-16-9-3-4-10(11(5-9)17-2)15-7-8(6-12)13-14-15/h3-5,7H,6H2,1-2H3. The maximum Gasteiger partial charge on any atom is 0.148 e. The normalized spacial score (nSPS) is 10.3. The van der Waals surface area contributed by atoms with Gasteiger partial charge in [0.15, 0.2) is 0 Å². The Morgan fingerprint density at radius 3 is 2.71 bits per heavy atom. The van der Waals surface area contributed by atoms with E-state index in [-0.39, 0.29) is 0 Å². The van der Waals surface area contributed by atoms with E-state index in [9.17, 15) is 0 Å². The van der Waals surface area contributed by atoms with Crippen molar-refractivity contribution in [3.63, 3.8) is 0 Å². The quantitative estimate of drug-likeness (QED) is 0.783. The van der Waals surface area contributed by atoms with Crippen LogP contribution in [-0.2, 0) is 5.88 Å². The number of ether oxygens (including phenoxy) is 2. The zero-order valence-corrected chi connectivity index (χ0v) is 10.3. The predicted octanol–water partition coefficient (Wildman–Crippen LogP) is 2.02. The number of aromatic nitrogens is 3. The summed E-state index contributed by atoms with van der Waals surface area (Å²) in [6.45, 7) is 0. The van der Waals surface area contributed by atoms with Crippen LogP contribution in [0.1, 0.15) is 5.69 Å². The van der Waals surface area contributed by atoms with Gasteiger partial charge in [0, 0.05) is 6.07 Å². The number of halogens is 1. The lowest BCUT2D eigenvalue weighted by molar-refractivity contribution is 0.392. The second-order valence-electron chi connectivity index (χ2n) is 3.33. The second-order valence-corrected chi connectivity index (χ2v) is 3.59. The fourth-order valence-corrected chi connectivity index (χ4v) is 1.57. The van der Waals surface area contributed by atoms with Crippen LogP contribution in [0.5, 0.6) is 11.5 Å². The van der Waals surface area contributed by atoms with Gasteiger partial charge in [0.1, 0.15) is 17.2 Å². The van der Waals surface area contributed by atoms with E-state index in [2.05, 4.69) is 10.3 Å². The topological polar surface area (TPSA) is 49.2 Å². The lowest BCUT2D eigenvalue weighted by Crippen LogP contribution is -1.99. The predicted molar refractivity (Wildman–Crippen MR) is 64.0 cm³/mol. The van der Waals surface area contributed by atoms with Gasteiger partial charge in [-0.05, 0) is 12.1 Å². The van der Waals surface area contributed by atoms with E-state index in [0.29, 0.717) is 17.3 Å². The van der Waals surface area contributed by atoms with Crippen LogP contribution in [0.3, 0.4) is 0 Å². The molecule has 2 aromatic rings. The van der Waals surface area contributed by atoms with Crippen molar-refractivity contribution in [1.29, 1.82) is 0 Å². The van der Waals surface area contributed by atoms with E-state index < -0.39 is 0 Å². The van der Waals surface area contributed by atoms with Crippen LogP contribution in [-0.4, -0.2) is 29.2 Å². The first kappa shape index (κ1) is 11.7. The highest BCUT2D eigenvalue weighted by molar-refractivity contribution is 6.16. The van der Waals surface area contributed by atoms with Gasteiger partial charge >= 0.3 is 0 Å². The second kappa shape index (κ2) is 5.05. The first-order chi connectivity index (χ1) is 8.28. The third kappa shape index (κ3) is 2.34. The van der Waals surface area contributed by atoms with Gasteiger partial charge in [0.25, 0.3) is 0 Å². The van der Waals surface area contributed by atoms with Crippen molar-refractivity contribution < 1.29 is 9.47 Å². The number of rotatable bonds is 4. The first-order valence-electron chi connectivity index (χ1n) is 4.98. The summed E-state index contributed by atoms with van der Waals surface area (Å²) in [5.74, 6) is 1.72. The molecule has 6 heteroatoms. The Hall–Kier alpha value is -1.75. The minimum absolute atomic E-state index is 0.332. The number of nitrogens with zero attached hydrogens (tertiary/aromatic N) is 3. The molecule has 2 rings (SSSR count). The van der Waals surface area contributed by atoms with Gasteiger partial charge in [-0.1, -0.05) is 5.21 Å². The molecule has 0 fully saturated rings. The molecule has 90 valence electrons. The van der Waals surface area contributed by atoms with Crippen LogP contribution in [0.4, 0.5) is 0 Å². The molecule has 17 heavy (non-hydrogen) atoms. The summed E-state index contributed by atoms with van der Waals surface area (Å²) < 4.78 is 12.0. The van der Waals surface area contributed by atoms with Gasteiger partial charge in [0.2, 0.25) is 0 Å². The summed E-state index contributed by atoms with van der Waals surface area (Å²) in [5.41, 5.74) is 1.50. The molecule has 0 saturated carbocycles. The van der Waals surface area contributed by atoms with E-state index in [1.807, 2.05) is 12.1 Å².